The molecule has 0 aliphatic heterocycles. The highest BCUT2D eigenvalue weighted by atomic mass is 35.5. The first-order chi connectivity index (χ1) is 10.6. The molecule has 0 saturated carbocycles. The molecule has 116 valence electrons. The lowest BCUT2D eigenvalue weighted by molar-refractivity contribution is -0.132. The summed E-state index contributed by atoms with van der Waals surface area (Å²) in [6, 6.07) is 4.54. The zero-order valence-corrected chi connectivity index (χ0v) is 13.0. The van der Waals surface area contributed by atoms with Gasteiger partial charge < -0.3 is 9.88 Å². The average Bonchev–Trinajstić information content (AvgIpc) is 2.98. The predicted molar refractivity (Wildman–Crippen MR) is 82.2 cm³/mol. The van der Waals surface area contributed by atoms with Gasteiger partial charge in [-0.3, -0.25) is 4.79 Å². The fourth-order valence-electron chi connectivity index (χ4n) is 2.96. The smallest absolute Gasteiger partial charge is 0.231 e. The molecular weight excluding hydrogens is 305 g/mol. The number of rotatable bonds is 3. The van der Waals surface area contributed by atoms with E-state index in [2.05, 4.69) is 9.97 Å². The summed E-state index contributed by atoms with van der Waals surface area (Å²) in [4.78, 5) is 21.6. The number of likely N-dealkylation sites (N-methyl/N-ethyl adjacent to an activating group) is 1. The number of aryl methyl sites for hydroxylation is 1. The number of aromatic nitrogens is 2. The molecule has 0 fully saturated rings. The number of amides is 1. The number of nitrogens with one attached hydrogen (secondary N) is 1. The Kier molecular flexibility index (Phi) is 4.16. The number of nitrogens with zero attached hydrogens (tertiary/aromatic N) is 2. The van der Waals surface area contributed by atoms with Crippen molar-refractivity contribution in [1.82, 2.24) is 14.9 Å². The molecule has 1 aromatic carbocycles. The van der Waals surface area contributed by atoms with E-state index in [4.69, 9.17) is 11.6 Å². The molecule has 0 radical (unpaired) electrons. The van der Waals surface area contributed by atoms with Crippen molar-refractivity contribution in [2.75, 3.05) is 7.05 Å². The van der Waals surface area contributed by atoms with Gasteiger partial charge in [0.2, 0.25) is 5.91 Å². The van der Waals surface area contributed by atoms with Crippen LogP contribution in [-0.2, 0) is 17.8 Å². The minimum Gasteiger partial charge on any atom is -0.348 e. The van der Waals surface area contributed by atoms with Crippen LogP contribution in [-0.4, -0.2) is 27.8 Å². The molecule has 0 unspecified atom stereocenters. The molecule has 0 spiro atoms. The number of hydrogen-bond donors (Lipinski definition) is 1. The monoisotopic (exact) mass is 321 g/mol. The molecule has 0 saturated heterocycles. The van der Waals surface area contributed by atoms with Crippen molar-refractivity contribution in [1.29, 1.82) is 0 Å². The molecule has 1 aliphatic carbocycles. The van der Waals surface area contributed by atoms with Gasteiger partial charge in [-0.2, -0.15) is 0 Å². The van der Waals surface area contributed by atoms with E-state index < -0.39 is 5.82 Å². The molecular formula is C16H17ClFN3O. The van der Waals surface area contributed by atoms with E-state index >= 15 is 0 Å². The van der Waals surface area contributed by atoms with Gasteiger partial charge in [0, 0.05) is 29.9 Å². The molecule has 3 rings (SSSR count). The third kappa shape index (κ3) is 2.73. The first-order valence-corrected chi connectivity index (χ1v) is 7.65. The zero-order chi connectivity index (χ0) is 15.7. The number of fused-ring (bicyclic) bond motifs is 1. The van der Waals surface area contributed by atoms with Crippen molar-refractivity contribution in [2.45, 2.75) is 31.7 Å². The Morgan fingerprint density at radius 2 is 2.36 bits per heavy atom. The Bertz CT molecular complexity index is 680. The van der Waals surface area contributed by atoms with Gasteiger partial charge in [-0.25, -0.2) is 9.37 Å². The lowest BCUT2D eigenvalue weighted by Gasteiger charge is -2.26. The van der Waals surface area contributed by atoms with Crippen LogP contribution >= 0.6 is 11.6 Å². The van der Waals surface area contributed by atoms with Crippen LogP contribution in [0.25, 0.3) is 0 Å². The number of hydrogen-bond acceptors (Lipinski definition) is 2. The van der Waals surface area contributed by atoms with Crippen molar-refractivity contribution < 1.29 is 9.18 Å². The molecule has 0 bridgehead atoms. The van der Waals surface area contributed by atoms with Gasteiger partial charge in [0.1, 0.15) is 5.82 Å². The first kappa shape index (κ1) is 15.0. The number of aromatic amines is 1. The van der Waals surface area contributed by atoms with E-state index in [0.717, 1.165) is 30.7 Å². The molecule has 1 atom stereocenters. The summed E-state index contributed by atoms with van der Waals surface area (Å²) in [5.74, 6) is -0.700. The third-order valence-electron chi connectivity index (χ3n) is 4.13. The standard InChI is InChI=1S/C16H17ClFN3O/c1-21(8-11-12(17)5-3-6-13(11)18)16(22)10-4-2-7-14-15(10)20-9-19-14/h3,5-6,9-10H,2,4,7-8H2,1H3,(H,19,20)/t10-/m1/s1. The zero-order valence-electron chi connectivity index (χ0n) is 12.3. The SMILES string of the molecule is CN(Cc1c(F)cccc1Cl)C(=O)[C@@H]1CCCc2[nH]cnc21. The fraction of sp³-hybridized carbons (Fsp3) is 0.375. The summed E-state index contributed by atoms with van der Waals surface area (Å²) >= 11 is 6.03. The lowest BCUT2D eigenvalue weighted by Crippen LogP contribution is -2.33. The van der Waals surface area contributed by atoms with E-state index in [1.165, 1.54) is 11.0 Å². The van der Waals surface area contributed by atoms with Crippen LogP contribution < -0.4 is 0 Å². The van der Waals surface area contributed by atoms with Crippen LogP contribution in [0.4, 0.5) is 4.39 Å². The minimum atomic E-state index is -0.392. The molecule has 2 aromatic rings. The van der Waals surface area contributed by atoms with Crippen molar-refractivity contribution in [3.63, 3.8) is 0 Å². The maximum Gasteiger partial charge on any atom is 0.231 e. The number of carbonyl (C=O) groups excluding carboxylic acids is 1. The molecule has 4 nitrogen and oxygen atoms in total. The van der Waals surface area contributed by atoms with Crippen molar-refractivity contribution in [3.8, 4) is 0 Å². The van der Waals surface area contributed by atoms with Crippen molar-refractivity contribution >= 4 is 17.5 Å². The first-order valence-electron chi connectivity index (χ1n) is 7.28. The third-order valence-corrected chi connectivity index (χ3v) is 4.49. The van der Waals surface area contributed by atoms with Gasteiger partial charge in [0.25, 0.3) is 0 Å². The van der Waals surface area contributed by atoms with E-state index in [1.807, 2.05) is 0 Å². The molecule has 1 aromatic heterocycles. The largest absolute Gasteiger partial charge is 0.348 e. The van der Waals surface area contributed by atoms with Crippen LogP contribution in [0.1, 0.15) is 35.7 Å². The summed E-state index contributed by atoms with van der Waals surface area (Å²) in [6.07, 6.45) is 4.26. The predicted octanol–water partition coefficient (Wildman–Crippen LogP) is 3.28. The average molecular weight is 322 g/mol. The fourth-order valence-corrected chi connectivity index (χ4v) is 3.18. The second-order valence-electron chi connectivity index (χ2n) is 5.61. The van der Waals surface area contributed by atoms with Crippen LogP contribution in [0.2, 0.25) is 5.02 Å². The number of benzene rings is 1. The number of H-pyrrole nitrogens is 1. The van der Waals surface area contributed by atoms with Gasteiger partial charge in [-0.1, -0.05) is 17.7 Å². The summed E-state index contributed by atoms with van der Waals surface area (Å²) in [6.45, 7) is 0.153. The van der Waals surface area contributed by atoms with Gasteiger partial charge in [0.05, 0.1) is 17.9 Å². The Morgan fingerprint density at radius 3 is 3.14 bits per heavy atom. The van der Waals surface area contributed by atoms with E-state index in [1.54, 1.807) is 25.5 Å². The normalized spacial score (nSPS) is 17.1. The Balaban J connectivity index is 1.79. The van der Waals surface area contributed by atoms with Crippen LogP contribution in [0.3, 0.4) is 0 Å². The molecule has 1 amide bonds. The highest BCUT2D eigenvalue weighted by Gasteiger charge is 2.31. The Labute approximate surface area is 133 Å². The van der Waals surface area contributed by atoms with Gasteiger partial charge in [0.15, 0.2) is 0 Å². The number of carbonyl (C=O) groups is 1. The van der Waals surface area contributed by atoms with Crippen LogP contribution in [0.15, 0.2) is 24.5 Å². The van der Waals surface area contributed by atoms with Crippen LogP contribution in [0.5, 0.6) is 0 Å². The number of halogens is 2. The van der Waals surface area contributed by atoms with Crippen LogP contribution in [0, 0.1) is 5.82 Å². The summed E-state index contributed by atoms with van der Waals surface area (Å²) in [5, 5.41) is 0.337. The molecule has 1 N–H and O–H groups in total. The second kappa shape index (κ2) is 6.08. The topological polar surface area (TPSA) is 49.0 Å². The quantitative estimate of drug-likeness (QED) is 0.943. The maximum absolute atomic E-state index is 13.9. The van der Waals surface area contributed by atoms with E-state index in [-0.39, 0.29) is 18.4 Å². The summed E-state index contributed by atoms with van der Waals surface area (Å²) in [5.41, 5.74) is 2.20. The number of imidazole rings is 1. The Hall–Kier alpha value is -1.88. The molecule has 1 aliphatic rings. The highest BCUT2D eigenvalue weighted by molar-refractivity contribution is 6.31. The van der Waals surface area contributed by atoms with Gasteiger partial charge in [-0.05, 0) is 31.4 Å². The highest BCUT2D eigenvalue weighted by Crippen LogP contribution is 2.31. The van der Waals surface area contributed by atoms with E-state index in [9.17, 15) is 9.18 Å². The molecule has 6 heteroatoms. The molecule has 22 heavy (non-hydrogen) atoms. The molecule has 1 heterocycles. The second-order valence-corrected chi connectivity index (χ2v) is 6.01. The summed E-state index contributed by atoms with van der Waals surface area (Å²) < 4.78 is 13.9. The van der Waals surface area contributed by atoms with Gasteiger partial charge >= 0.3 is 0 Å². The minimum absolute atomic E-state index is 0.0487. The van der Waals surface area contributed by atoms with Crippen molar-refractivity contribution in [2.24, 2.45) is 0 Å². The van der Waals surface area contributed by atoms with Crippen molar-refractivity contribution in [3.05, 3.63) is 52.3 Å². The van der Waals surface area contributed by atoms with E-state index in [0.29, 0.717) is 10.6 Å². The van der Waals surface area contributed by atoms with Gasteiger partial charge in [-0.15, -0.1) is 0 Å². The summed E-state index contributed by atoms with van der Waals surface area (Å²) in [7, 11) is 1.67. The Morgan fingerprint density at radius 1 is 1.55 bits per heavy atom. The maximum atomic E-state index is 13.9. The lowest BCUT2D eigenvalue weighted by atomic mass is 9.89.